The predicted octanol–water partition coefficient (Wildman–Crippen LogP) is 2.49. The second-order valence-electron chi connectivity index (χ2n) is 3.66. The van der Waals surface area contributed by atoms with E-state index in [1.165, 1.54) is 18.4 Å². The molecule has 0 atom stereocenters. The Morgan fingerprint density at radius 1 is 1.42 bits per heavy atom. The molecule has 0 unspecified atom stereocenters. The summed E-state index contributed by atoms with van der Waals surface area (Å²) in [7, 11) is 0. The second-order valence-corrected chi connectivity index (χ2v) is 3.66. The minimum atomic E-state index is -1.14. The van der Waals surface area contributed by atoms with Crippen LogP contribution < -0.4 is 0 Å². The number of carbonyl (C=O) groups is 1. The number of aliphatic carboxylic acids is 1. The van der Waals surface area contributed by atoms with Crippen LogP contribution in [0.1, 0.15) is 11.5 Å². The molecule has 0 amide bonds. The second kappa shape index (κ2) is 5.21. The van der Waals surface area contributed by atoms with Gasteiger partial charge in [0.05, 0.1) is 12.3 Å². The molecule has 98 valence electrons. The maximum Gasteiger partial charge on any atom is 0.433 e. The fraction of sp³-hybridized carbons (Fsp3) is 0.0833. The van der Waals surface area contributed by atoms with Gasteiger partial charge >= 0.3 is 11.9 Å². The standard InChI is InChI=1S/C12H9NO6/c14-12(15)8(6-9-2-1-5-18-9)7-10-3-4-11(19-10)13(16)17/h1-5,7H,6H2,(H,14,15). The van der Waals surface area contributed by atoms with E-state index in [0.717, 1.165) is 6.07 Å². The van der Waals surface area contributed by atoms with Gasteiger partial charge < -0.3 is 13.9 Å². The third-order valence-electron chi connectivity index (χ3n) is 2.33. The summed E-state index contributed by atoms with van der Waals surface area (Å²) in [5, 5.41) is 19.5. The molecular weight excluding hydrogens is 254 g/mol. The Morgan fingerprint density at radius 2 is 2.21 bits per heavy atom. The number of carboxylic acids is 1. The Labute approximate surface area is 106 Å². The summed E-state index contributed by atoms with van der Waals surface area (Å²) in [6.07, 6.45) is 2.74. The number of nitrogens with zero attached hydrogens (tertiary/aromatic N) is 1. The Kier molecular flexibility index (Phi) is 3.46. The van der Waals surface area contributed by atoms with E-state index in [0.29, 0.717) is 5.76 Å². The Balaban J connectivity index is 2.24. The summed E-state index contributed by atoms with van der Waals surface area (Å²) in [6, 6.07) is 5.79. The van der Waals surface area contributed by atoms with Crippen molar-refractivity contribution >= 4 is 17.9 Å². The molecule has 7 nitrogen and oxygen atoms in total. The van der Waals surface area contributed by atoms with Crippen LogP contribution in [0.4, 0.5) is 5.88 Å². The van der Waals surface area contributed by atoms with E-state index in [4.69, 9.17) is 13.9 Å². The summed E-state index contributed by atoms with van der Waals surface area (Å²) < 4.78 is 9.93. The predicted molar refractivity (Wildman–Crippen MR) is 63.4 cm³/mol. The van der Waals surface area contributed by atoms with Gasteiger partial charge in [-0.15, -0.1) is 0 Å². The van der Waals surface area contributed by atoms with Crippen molar-refractivity contribution in [2.45, 2.75) is 6.42 Å². The van der Waals surface area contributed by atoms with Gasteiger partial charge in [-0.25, -0.2) is 4.79 Å². The molecule has 0 aliphatic heterocycles. The van der Waals surface area contributed by atoms with E-state index in [1.54, 1.807) is 12.1 Å². The third-order valence-corrected chi connectivity index (χ3v) is 2.33. The first-order chi connectivity index (χ1) is 9.06. The van der Waals surface area contributed by atoms with Crippen LogP contribution in [0.3, 0.4) is 0 Å². The molecule has 2 aromatic rings. The largest absolute Gasteiger partial charge is 0.478 e. The molecule has 0 spiro atoms. The minimum Gasteiger partial charge on any atom is -0.478 e. The average molecular weight is 263 g/mol. The van der Waals surface area contributed by atoms with Crippen LogP contribution in [0, 0.1) is 10.1 Å². The van der Waals surface area contributed by atoms with Crippen molar-refractivity contribution < 1.29 is 23.7 Å². The zero-order chi connectivity index (χ0) is 13.8. The first kappa shape index (κ1) is 12.6. The molecule has 2 rings (SSSR count). The normalized spacial score (nSPS) is 11.5. The quantitative estimate of drug-likeness (QED) is 0.504. The molecular formula is C12H9NO6. The van der Waals surface area contributed by atoms with Gasteiger partial charge in [0.25, 0.3) is 0 Å². The van der Waals surface area contributed by atoms with Gasteiger partial charge in [-0.3, -0.25) is 10.1 Å². The molecule has 0 fully saturated rings. The van der Waals surface area contributed by atoms with Crippen molar-refractivity contribution in [2.75, 3.05) is 0 Å². The smallest absolute Gasteiger partial charge is 0.433 e. The highest BCUT2D eigenvalue weighted by molar-refractivity contribution is 5.92. The van der Waals surface area contributed by atoms with Crippen molar-refractivity contribution in [1.29, 1.82) is 0 Å². The van der Waals surface area contributed by atoms with Crippen LogP contribution in [0.2, 0.25) is 0 Å². The molecule has 0 radical (unpaired) electrons. The zero-order valence-corrected chi connectivity index (χ0v) is 9.61. The maximum atomic E-state index is 11.1. The van der Waals surface area contributed by atoms with Gasteiger partial charge in [0.2, 0.25) is 0 Å². The Morgan fingerprint density at radius 3 is 2.74 bits per heavy atom. The molecule has 0 saturated heterocycles. The molecule has 7 heteroatoms. The van der Waals surface area contributed by atoms with E-state index in [9.17, 15) is 14.9 Å². The number of nitro groups is 1. The van der Waals surface area contributed by atoms with Crippen molar-refractivity contribution in [3.8, 4) is 0 Å². The first-order valence-electron chi connectivity index (χ1n) is 5.27. The number of hydrogen-bond donors (Lipinski definition) is 1. The van der Waals surface area contributed by atoms with Crippen LogP contribution in [0.15, 0.2) is 44.9 Å². The fourth-order valence-corrected chi connectivity index (χ4v) is 1.48. The van der Waals surface area contributed by atoms with Gasteiger partial charge in [0, 0.05) is 12.0 Å². The van der Waals surface area contributed by atoms with Crippen LogP contribution in [-0.2, 0) is 11.2 Å². The molecule has 0 aliphatic rings. The topological polar surface area (TPSA) is 107 Å². The Bertz CT molecular complexity index is 622. The average Bonchev–Trinajstić information content (AvgIpc) is 2.98. The van der Waals surface area contributed by atoms with Crippen LogP contribution in [-0.4, -0.2) is 16.0 Å². The summed E-state index contributed by atoms with van der Waals surface area (Å²) in [6.45, 7) is 0. The summed E-state index contributed by atoms with van der Waals surface area (Å²) in [4.78, 5) is 20.8. The van der Waals surface area contributed by atoms with E-state index in [1.807, 2.05) is 0 Å². The molecule has 1 N–H and O–H groups in total. The Hall–Kier alpha value is -2.83. The van der Waals surface area contributed by atoms with Crippen LogP contribution in [0.25, 0.3) is 6.08 Å². The van der Waals surface area contributed by atoms with Gasteiger partial charge in [-0.1, -0.05) is 0 Å². The van der Waals surface area contributed by atoms with E-state index >= 15 is 0 Å². The summed E-state index contributed by atoms with van der Waals surface area (Å²) >= 11 is 0. The molecule has 0 aliphatic carbocycles. The van der Waals surface area contributed by atoms with Gasteiger partial charge in [-0.05, 0) is 24.3 Å². The van der Waals surface area contributed by atoms with Gasteiger partial charge in [-0.2, -0.15) is 0 Å². The van der Waals surface area contributed by atoms with Crippen molar-refractivity contribution in [3.05, 3.63) is 57.7 Å². The van der Waals surface area contributed by atoms with Gasteiger partial charge in [0.15, 0.2) is 0 Å². The lowest BCUT2D eigenvalue weighted by Gasteiger charge is -1.98. The van der Waals surface area contributed by atoms with Crippen molar-refractivity contribution in [3.63, 3.8) is 0 Å². The lowest BCUT2D eigenvalue weighted by Crippen LogP contribution is -2.03. The lowest BCUT2D eigenvalue weighted by atomic mass is 10.1. The third kappa shape index (κ3) is 3.09. The highest BCUT2D eigenvalue weighted by Gasteiger charge is 2.14. The maximum absolute atomic E-state index is 11.1. The van der Waals surface area contributed by atoms with E-state index in [2.05, 4.69) is 0 Å². The fourth-order valence-electron chi connectivity index (χ4n) is 1.48. The number of hydrogen-bond acceptors (Lipinski definition) is 5. The summed E-state index contributed by atoms with van der Waals surface area (Å²) in [5.74, 6) is -0.991. The highest BCUT2D eigenvalue weighted by atomic mass is 16.6. The molecule has 0 bridgehead atoms. The summed E-state index contributed by atoms with van der Waals surface area (Å²) in [5.41, 5.74) is 0.0131. The number of rotatable bonds is 5. The van der Waals surface area contributed by atoms with Crippen LogP contribution >= 0.6 is 0 Å². The van der Waals surface area contributed by atoms with Gasteiger partial charge in [0.1, 0.15) is 16.4 Å². The minimum absolute atomic E-state index is 0.0131. The number of carboxylic acid groups (broad SMARTS) is 1. The monoisotopic (exact) mass is 263 g/mol. The molecule has 19 heavy (non-hydrogen) atoms. The van der Waals surface area contributed by atoms with E-state index in [-0.39, 0.29) is 17.8 Å². The SMILES string of the molecule is O=C(O)C(=Cc1ccc([N+](=O)[O-])o1)Cc1ccco1. The molecule has 2 heterocycles. The van der Waals surface area contributed by atoms with Crippen molar-refractivity contribution in [1.82, 2.24) is 0 Å². The van der Waals surface area contributed by atoms with E-state index < -0.39 is 16.8 Å². The lowest BCUT2D eigenvalue weighted by molar-refractivity contribution is -0.402. The zero-order valence-electron chi connectivity index (χ0n) is 9.61. The highest BCUT2D eigenvalue weighted by Crippen LogP contribution is 2.19. The molecule has 0 saturated carbocycles. The molecule has 0 aromatic carbocycles. The van der Waals surface area contributed by atoms with Crippen LogP contribution in [0.5, 0.6) is 0 Å². The molecule has 2 aromatic heterocycles. The van der Waals surface area contributed by atoms with Crippen molar-refractivity contribution in [2.24, 2.45) is 0 Å². The first-order valence-corrected chi connectivity index (χ1v) is 5.27. The number of furan rings is 2.